The van der Waals surface area contributed by atoms with Crippen molar-refractivity contribution < 1.29 is 9.53 Å². The van der Waals surface area contributed by atoms with Crippen molar-refractivity contribution >= 4 is 5.97 Å². The van der Waals surface area contributed by atoms with Gasteiger partial charge < -0.3 is 9.64 Å². The summed E-state index contributed by atoms with van der Waals surface area (Å²) >= 11 is 0. The van der Waals surface area contributed by atoms with E-state index in [0.717, 1.165) is 25.7 Å². The molecule has 0 aromatic heterocycles. The van der Waals surface area contributed by atoms with Crippen LogP contribution in [0.3, 0.4) is 0 Å². The van der Waals surface area contributed by atoms with E-state index in [1.54, 1.807) is 0 Å². The first-order valence-electron chi connectivity index (χ1n) is 7.99. The van der Waals surface area contributed by atoms with Gasteiger partial charge in [-0.1, -0.05) is 0 Å². The van der Waals surface area contributed by atoms with Gasteiger partial charge in [0.15, 0.2) is 0 Å². The van der Waals surface area contributed by atoms with Crippen molar-refractivity contribution in [3.05, 3.63) is 0 Å². The molecule has 0 spiro atoms. The van der Waals surface area contributed by atoms with E-state index in [1.807, 2.05) is 6.92 Å². The first-order chi connectivity index (χ1) is 9.32. The van der Waals surface area contributed by atoms with Crippen molar-refractivity contribution in [1.82, 2.24) is 10.2 Å². The average molecular weight is 284 g/mol. The molecule has 4 nitrogen and oxygen atoms in total. The molecule has 0 aromatic rings. The van der Waals surface area contributed by atoms with Gasteiger partial charge in [-0.05, 0) is 67.3 Å². The van der Waals surface area contributed by atoms with Crippen LogP contribution in [0.4, 0.5) is 0 Å². The third-order valence-corrected chi connectivity index (χ3v) is 4.35. The zero-order chi connectivity index (χ0) is 15.3. The Morgan fingerprint density at radius 3 is 2.55 bits per heavy atom. The van der Waals surface area contributed by atoms with Crippen LogP contribution >= 0.6 is 0 Å². The predicted molar refractivity (Wildman–Crippen MR) is 82.8 cm³/mol. The summed E-state index contributed by atoms with van der Waals surface area (Å²) < 4.78 is 5.35. The van der Waals surface area contributed by atoms with Gasteiger partial charge in [0, 0.05) is 18.1 Å². The molecule has 1 saturated carbocycles. The minimum atomic E-state index is -0.504. The molecule has 2 unspecified atom stereocenters. The number of carbonyl (C=O) groups excluding carboxylic acids is 1. The molecule has 1 aliphatic rings. The molecule has 0 saturated heterocycles. The van der Waals surface area contributed by atoms with Gasteiger partial charge in [0.2, 0.25) is 0 Å². The van der Waals surface area contributed by atoms with E-state index in [0.29, 0.717) is 18.7 Å². The molecule has 0 radical (unpaired) electrons. The van der Waals surface area contributed by atoms with E-state index in [1.165, 1.54) is 0 Å². The van der Waals surface area contributed by atoms with Crippen LogP contribution < -0.4 is 5.32 Å². The van der Waals surface area contributed by atoms with Crippen molar-refractivity contribution in [3.63, 3.8) is 0 Å². The van der Waals surface area contributed by atoms with Crippen molar-refractivity contribution in [3.8, 4) is 0 Å². The lowest BCUT2D eigenvalue weighted by atomic mass is 9.77. The summed E-state index contributed by atoms with van der Waals surface area (Å²) in [5.74, 6) is -0.0736. The maximum atomic E-state index is 12.5. The number of hydrogen-bond acceptors (Lipinski definition) is 4. The summed E-state index contributed by atoms with van der Waals surface area (Å²) in [5, 5.41) is 3.50. The van der Waals surface area contributed by atoms with Crippen LogP contribution in [0, 0.1) is 0 Å². The number of esters is 1. The third kappa shape index (κ3) is 4.19. The second-order valence-corrected chi connectivity index (χ2v) is 6.61. The molecule has 1 fully saturated rings. The van der Waals surface area contributed by atoms with E-state index >= 15 is 0 Å². The van der Waals surface area contributed by atoms with E-state index in [9.17, 15) is 4.79 Å². The highest BCUT2D eigenvalue weighted by molar-refractivity contribution is 5.81. The molecule has 1 aliphatic carbocycles. The van der Waals surface area contributed by atoms with Crippen LogP contribution in [0.15, 0.2) is 0 Å². The summed E-state index contributed by atoms with van der Waals surface area (Å²) in [6.45, 7) is 10.9. The Bertz CT molecular complexity index is 318. The Balaban J connectivity index is 2.89. The van der Waals surface area contributed by atoms with E-state index < -0.39 is 5.54 Å². The molecule has 0 bridgehead atoms. The zero-order valence-electron chi connectivity index (χ0n) is 14.0. The lowest BCUT2D eigenvalue weighted by Crippen LogP contribution is -2.60. The van der Waals surface area contributed by atoms with E-state index in [2.05, 4.69) is 45.0 Å². The van der Waals surface area contributed by atoms with Crippen LogP contribution in [0.2, 0.25) is 0 Å². The van der Waals surface area contributed by atoms with Crippen LogP contribution in [-0.2, 0) is 9.53 Å². The predicted octanol–water partition coefficient (Wildman–Crippen LogP) is 2.57. The van der Waals surface area contributed by atoms with Gasteiger partial charge in [0.05, 0.1) is 6.61 Å². The quantitative estimate of drug-likeness (QED) is 0.761. The molecular formula is C16H32N2O2. The molecule has 4 heteroatoms. The van der Waals surface area contributed by atoms with Crippen LogP contribution in [0.25, 0.3) is 0 Å². The largest absolute Gasteiger partial charge is 0.465 e. The van der Waals surface area contributed by atoms with Gasteiger partial charge in [-0.3, -0.25) is 10.1 Å². The Labute approximate surface area is 124 Å². The molecule has 1 N–H and O–H groups in total. The van der Waals surface area contributed by atoms with Gasteiger partial charge in [-0.15, -0.1) is 0 Å². The van der Waals surface area contributed by atoms with Gasteiger partial charge in [0.1, 0.15) is 5.54 Å². The van der Waals surface area contributed by atoms with Gasteiger partial charge in [-0.2, -0.15) is 0 Å². The monoisotopic (exact) mass is 284 g/mol. The topological polar surface area (TPSA) is 41.6 Å². The van der Waals surface area contributed by atoms with Crippen LogP contribution in [0.1, 0.15) is 60.3 Å². The standard InChI is InChI=1S/C16H32N2O2/c1-7-20-15(19)16(17-12(2)3)10-8-9-14(11-16)18(6)13(4)5/h12-14,17H,7-11H2,1-6H3. The second kappa shape index (κ2) is 7.41. The Hall–Kier alpha value is -0.610. The Morgan fingerprint density at radius 1 is 1.40 bits per heavy atom. The number of carbonyl (C=O) groups is 1. The average Bonchev–Trinajstić information content (AvgIpc) is 2.37. The number of rotatable bonds is 6. The van der Waals surface area contributed by atoms with Crippen molar-refractivity contribution in [2.24, 2.45) is 0 Å². The fourth-order valence-corrected chi connectivity index (χ4v) is 3.21. The lowest BCUT2D eigenvalue weighted by Gasteiger charge is -2.44. The molecule has 118 valence electrons. The minimum absolute atomic E-state index is 0.0736. The highest BCUT2D eigenvalue weighted by atomic mass is 16.5. The number of nitrogens with one attached hydrogen (secondary N) is 1. The fourth-order valence-electron chi connectivity index (χ4n) is 3.21. The summed E-state index contributed by atoms with van der Waals surface area (Å²) in [5.41, 5.74) is -0.504. The minimum Gasteiger partial charge on any atom is -0.465 e. The van der Waals surface area contributed by atoms with E-state index in [-0.39, 0.29) is 12.0 Å². The van der Waals surface area contributed by atoms with Crippen molar-refractivity contribution in [2.45, 2.75) is 84.0 Å². The molecule has 20 heavy (non-hydrogen) atoms. The summed E-state index contributed by atoms with van der Waals surface area (Å²) in [6, 6.07) is 1.22. The second-order valence-electron chi connectivity index (χ2n) is 6.61. The van der Waals surface area contributed by atoms with Crippen molar-refractivity contribution in [1.29, 1.82) is 0 Å². The summed E-state index contributed by atoms with van der Waals surface area (Å²) in [4.78, 5) is 14.9. The smallest absolute Gasteiger partial charge is 0.326 e. The van der Waals surface area contributed by atoms with Gasteiger partial charge >= 0.3 is 5.97 Å². The van der Waals surface area contributed by atoms with Crippen LogP contribution in [-0.4, -0.2) is 48.2 Å². The lowest BCUT2D eigenvalue weighted by molar-refractivity contribution is -0.154. The SMILES string of the molecule is CCOC(=O)C1(NC(C)C)CCCC(N(C)C(C)C)C1. The first kappa shape index (κ1) is 17.4. The molecule has 0 aromatic carbocycles. The highest BCUT2D eigenvalue weighted by Gasteiger charge is 2.45. The maximum absolute atomic E-state index is 12.5. The molecule has 0 amide bonds. The number of nitrogens with zero attached hydrogens (tertiary/aromatic N) is 1. The third-order valence-electron chi connectivity index (χ3n) is 4.35. The molecular weight excluding hydrogens is 252 g/mol. The van der Waals surface area contributed by atoms with Gasteiger partial charge in [0.25, 0.3) is 0 Å². The normalized spacial score (nSPS) is 27.4. The highest BCUT2D eigenvalue weighted by Crippen LogP contribution is 2.33. The fraction of sp³-hybridized carbons (Fsp3) is 0.938. The molecule has 2 atom stereocenters. The maximum Gasteiger partial charge on any atom is 0.326 e. The molecule has 1 rings (SSSR count). The van der Waals surface area contributed by atoms with Crippen LogP contribution in [0.5, 0.6) is 0 Å². The summed E-state index contributed by atoms with van der Waals surface area (Å²) in [6.07, 6.45) is 3.96. The zero-order valence-corrected chi connectivity index (χ0v) is 14.0. The Morgan fingerprint density at radius 2 is 2.05 bits per heavy atom. The molecule has 0 heterocycles. The van der Waals surface area contributed by atoms with Gasteiger partial charge in [-0.25, -0.2) is 0 Å². The Kier molecular flexibility index (Phi) is 6.46. The number of ether oxygens (including phenoxy) is 1. The summed E-state index contributed by atoms with van der Waals surface area (Å²) in [7, 11) is 2.16. The molecule has 0 aliphatic heterocycles. The van der Waals surface area contributed by atoms with E-state index in [4.69, 9.17) is 4.74 Å². The van der Waals surface area contributed by atoms with Crippen molar-refractivity contribution in [2.75, 3.05) is 13.7 Å². The first-order valence-corrected chi connectivity index (χ1v) is 7.99. The number of hydrogen-bond donors (Lipinski definition) is 1.